The number of hydrogen-bond donors (Lipinski definition) is 0. The van der Waals surface area contributed by atoms with Gasteiger partial charge >= 0.3 is 0 Å². The van der Waals surface area contributed by atoms with E-state index < -0.39 is 0 Å². The Morgan fingerprint density at radius 2 is 0.388 bits per heavy atom. The van der Waals surface area contributed by atoms with Crippen LogP contribution < -0.4 is 0 Å². The molecular weight excluding hydrogens is 965 g/mol. The molecular formula is C78H128N2. The third-order valence-corrected chi connectivity index (χ3v) is 27.7. The van der Waals surface area contributed by atoms with Crippen molar-refractivity contribution in [3.05, 3.63) is 48.6 Å². The van der Waals surface area contributed by atoms with E-state index in [1.807, 2.05) is 0 Å². The zero-order valence-corrected chi connectivity index (χ0v) is 53.1. The minimum atomic E-state index is 0.835. The Hall–Kier alpha value is -1.12. The van der Waals surface area contributed by atoms with E-state index in [1.54, 1.807) is 38.5 Å². The molecule has 8 unspecified atom stereocenters. The van der Waals surface area contributed by atoms with Crippen LogP contribution in [0.2, 0.25) is 0 Å². The van der Waals surface area contributed by atoms with Crippen molar-refractivity contribution in [2.75, 3.05) is 0 Å². The molecule has 0 heterocycles. The average Bonchev–Trinajstić information content (AvgIpc) is 3.69. The van der Waals surface area contributed by atoms with Crippen LogP contribution in [0.25, 0.3) is 0 Å². The van der Waals surface area contributed by atoms with Gasteiger partial charge in [-0.25, -0.2) is 0 Å². The summed E-state index contributed by atoms with van der Waals surface area (Å²) in [6.07, 6.45) is 84.4. The SMILES string of the molecule is CC1CCC(C=CC2CCC(N(C3CCC(C=CC4CCC(C)CC4)CC3)C3CC4C(CC(N(C5CCC(C=CC6CCC(C)CC6)CC5)C5CCC(C=CC6CCC(C)CC6)CC5)C5CCCCC45)C4CCCCC43)CC2)CC1. The Bertz CT molecular complexity index is 1690. The van der Waals surface area contributed by atoms with Gasteiger partial charge in [0, 0.05) is 36.3 Å². The van der Waals surface area contributed by atoms with Gasteiger partial charge in [0.25, 0.3) is 0 Å². The molecule has 2 heteroatoms. The molecule has 0 N–H and O–H groups in total. The maximum Gasteiger partial charge on any atom is 0.0135 e. The van der Waals surface area contributed by atoms with Crippen molar-refractivity contribution in [1.29, 1.82) is 0 Å². The van der Waals surface area contributed by atoms with Gasteiger partial charge in [-0.15, -0.1) is 0 Å². The number of rotatable bonds is 14. The van der Waals surface area contributed by atoms with Crippen LogP contribution in [0.1, 0.15) is 297 Å². The zero-order valence-electron chi connectivity index (χ0n) is 53.1. The summed E-state index contributed by atoms with van der Waals surface area (Å²) in [4.78, 5) is 7.01. The number of nitrogens with zero attached hydrogens (tertiary/aromatic N) is 2. The van der Waals surface area contributed by atoms with Gasteiger partial charge in [0.15, 0.2) is 0 Å². The van der Waals surface area contributed by atoms with E-state index in [0.29, 0.717) is 0 Å². The van der Waals surface area contributed by atoms with Crippen LogP contribution in [0.4, 0.5) is 0 Å². The predicted octanol–water partition coefficient (Wildman–Crippen LogP) is 21.7. The first kappa shape index (κ1) is 59.2. The van der Waals surface area contributed by atoms with Gasteiger partial charge in [0.05, 0.1) is 0 Å². The van der Waals surface area contributed by atoms with Gasteiger partial charge in [-0.3, -0.25) is 9.80 Å². The highest BCUT2D eigenvalue weighted by molar-refractivity contribution is 5.11. The summed E-state index contributed by atoms with van der Waals surface area (Å²) in [7, 11) is 0. The van der Waals surface area contributed by atoms with Crippen molar-refractivity contribution in [3.63, 3.8) is 0 Å². The Morgan fingerprint density at radius 1 is 0.200 bits per heavy atom. The smallest absolute Gasteiger partial charge is 0.0135 e. The fraction of sp³-hybridized carbons (Fsp3) is 0.897. The Kier molecular flexibility index (Phi) is 21.2. The lowest BCUT2D eigenvalue weighted by molar-refractivity contribution is -0.140. The Labute approximate surface area is 496 Å². The Morgan fingerprint density at radius 3 is 0.600 bits per heavy atom. The Balaban J connectivity index is 0.780. The van der Waals surface area contributed by atoms with E-state index in [0.717, 1.165) is 143 Å². The van der Waals surface area contributed by atoms with Gasteiger partial charge in [-0.05, 0) is 299 Å². The van der Waals surface area contributed by atoms with E-state index in [-0.39, 0.29) is 0 Å². The molecule has 0 aromatic carbocycles. The number of allylic oxidation sites excluding steroid dienone is 8. The highest BCUT2D eigenvalue weighted by Gasteiger charge is 2.57. The molecule has 12 saturated carbocycles. The molecule has 2 nitrogen and oxygen atoms in total. The summed E-state index contributed by atoms with van der Waals surface area (Å²) in [5.41, 5.74) is 0. The second-order valence-corrected chi connectivity index (χ2v) is 32.9. The summed E-state index contributed by atoms with van der Waals surface area (Å²) < 4.78 is 0. The molecule has 0 aromatic heterocycles. The van der Waals surface area contributed by atoms with Crippen LogP contribution in [0.5, 0.6) is 0 Å². The third-order valence-electron chi connectivity index (χ3n) is 27.7. The lowest BCUT2D eigenvalue weighted by Gasteiger charge is -2.64. The molecule has 0 bridgehead atoms. The summed E-state index contributed by atoms with van der Waals surface area (Å²) in [6, 6.07) is 5.06. The maximum absolute atomic E-state index is 3.50. The van der Waals surface area contributed by atoms with E-state index in [2.05, 4.69) is 86.1 Å². The second-order valence-electron chi connectivity index (χ2n) is 32.9. The average molecular weight is 1090 g/mol. The molecule has 0 radical (unpaired) electrons. The molecule has 0 amide bonds. The minimum Gasteiger partial charge on any atom is -0.294 e. The summed E-state index contributed by atoms with van der Waals surface area (Å²) >= 11 is 0. The van der Waals surface area contributed by atoms with Crippen LogP contribution in [0, 0.1) is 107 Å². The van der Waals surface area contributed by atoms with Gasteiger partial charge in [0.1, 0.15) is 0 Å². The molecule has 450 valence electrons. The summed E-state index contributed by atoms with van der Waals surface area (Å²) in [5.74, 6) is 16.5. The quantitative estimate of drug-likeness (QED) is 0.160. The fourth-order valence-electron chi connectivity index (χ4n) is 22.5. The topological polar surface area (TPSA) is 6.48 Å². The van der Waals surface area contributed by atoms with E-state index in [4.69, 9.17) is 0 Å². The lowest BCUT2D eigenvalue weighted by atomic mass is 9.48. The zero-order chi connectivity index (χ0) is 54.4. The van der Waals surface area contributed by atoms with Gasteiger partial charge in [-0.1, -0.05) is 153 Å². The van der Waals surface area contributed by atoms with E-state index >= 15 is 0 Å². The van der Waals surface area contributed by atoms with E-state index in [1.165, 1.54) is 231 Å². The van der Waals surface area contributed by atoms with Crippen molar-refractivity contribution < 1.29 is 0 Å². The largest absolute Gasteiger partial charge is 0.294 e. The molecule has 0 aromatic rings. The van der Waals surface area contributed by atoms with Crippen molar-refractivity contribution in [2.45, 2.75) is 334 Å². The standard InChI is InChI=1S/C78H128N2/c1-55-13-21-59(22-14-55)29-33-63-37-45-67(46-38-63)79(68-47-39-64(40-48-68)34-30-60-23-15-56(2)16-24-60)77-53-75-72-10-6-8-12-74(72)78(54-76(75)71-9-5-7-11-73(71)77)80(69-49-41-65(42-50-69)35-31-61-25-17-57(3)18-26-61)70-51-43-66(44-52-70)36-32-62-27-19-58(4)20-28-62/h29-36,55-78H,5-28,37-54H2,1-4H3. The fourth-order valence-corrected chi connectivity index (χ4v) is 22.5. The molecule has 12 fully saturated rings. The molecule has 80 heavy (non-hydrogen) atoms. The second kappa shape index (κ2) is 28.6. The summed E-state index contributed by atoms with van der Waals surface area (Å²) in [6.45, 7) is 9.98. The van der Waals surface area contributed by atoms with Crippen LogP contribution in [-0.2, 0) is 0 Å². The molecule has 0 spiro atoms. The summed E-state index contributed by atoms with van der Waals surface area (Å²) in [5, 5.41) is 0. The first-order valence-electron chi connectivity index (χ1n) is 37.5. The van der Waals surface area contributed by atoms with Gasteiger partial charge in [-0.2, -0.15) is 0 Å². The molecule has 12 aliphatic rings. The minimum absolute atomic E-state index is 0.835. The van der Waals surface area contributed by atoms with Crippen molar-refractivity contribution >= 4 is 0 Å². The monoisotopic (exact) mass is 1090 g/mol. The lowest BCUT2D eigenvalue weighted by Crippen LogP contribution is -2.64. The van der Waals surface area contributed by atoms with Crippen molar-refractivity contribution in [2.24, 2.45) is 107 Å². The highest BCUT2D eigenvalue weighted by atomic mass is 15.2. The third kappa shape index (κ3) is 14.8. The molecule has 8 atom stereocenters. The van der Waals surface area contributed by atoms with E-state index in [9.17, 15) is 0 Å². The van der Waals surface area contributed by atoms with Crippen LogP contribution in [0.3, 0.4) is 0 Å². The first-order chi connectivity index (χ1) is 39.2. The van der Waals surface area contributed by atoms with Gasteiger partial charge in [0.2, 0.25) is 0 Å². The van der Waals surface area contributed by atoms with Crippen LogP contribution in [-0.4, -0.2) is 46.1 Å². The molecule has 0 saturated heterocycles. The first-order valence-corrected chi connectivity index (χ1v) is 37.5. The van der Waals surface area contributed by atoms with Crippen molar-refractivity contribution in [1.82, 2.24) is 9.80 Å². The highest BCUT2D eigenvalue weighted by Crippen LogP contribution is 2.61. The van der Waals surface area contributed by atoms with Crippen molar-refractivity contribution in [3.8, 4) is 0 Å². The van der Waals surface area contributed by atoms with Crippen LogP contribution >= 0.6 is 0 Å². The maximum atomic E-state index is 3.50. The van der Waals surface area contributed by atoms with Crippen LogP contribution in [0.15, 0.2) is 48.6 Å². The number of fused-ring (bicyclic) bond motifs is 5. The molecule has 12 rings (SSSR count). The molecule has 0 aliphatic heterocycles. The molecule has 12 aliphatic carbocycles. The normalized spacial score (nSPS) is 47.4. The predicted molar refractivity (Wildman–Crippen MR) is 342 cm³/mol. The van der Waals surface area contributed by atoms with Gasteiger partial charge < -0.3 is 0 Å². The number of hydrogen-bond acceptors (Lipinski definition) is 2.